The third kappa shape index (κ3) is 3.11. The van der Waals surface area contributed by atoms with E-state index in [1.165, 1.54) is 37.7 Å². The molecule has 1 amide bonds. The number of anilines is 1. The van der Waals surface area contributed by atoms with Gasteiger partial charge >= 0.3 is 0 Å². The van der Waals surface area contributed by atoms with Gasteiger partial charge in [0.1, 0.15) is 0 Å². The summed E-state index contributed by atoms with van der Waals surface area (Å²) in [4.78, 5) is 13.6. The van der Waals surface area contributed by atoms with Gasteiger partial charge in [-0.2, -0.15) is 0 Å². The molecular weight excluding hydrogens is 360 g/mol. The standard InChI is InChI=1S/C21H30N2O3S/c1-13-5-18(27(25,26)23(3)4)9-19(14(13)2)22-20(24)21-10-15-6-16(11-21)8-17(7-15)12-21/h5,9,15-17H,6-8,10-12H2,1-4H3,(H,22,24). The molecule has 0 saturated heterocycles. The van der Waals surface area contributed by atoms with Crippen molar-refractivity contribution in [2.75, 3.05) is 19.4 Å². The van der Waals surface area contributed by atoms with Gasteiger partial charge in [-0.15, -0.1) is 0 Å². The van der Waals surface area contributed by atoms with E-state index in [9.17, 15) is 13.2 Å². The van der Waals surface area contributed by atoms with Crippen LogP contribution in [0.3, 0.4) is 0 Å². The van der Waals surface area contributed by atoms with E-state index in [0.29, 0.717) is 23.4 Å². The minimum absolute atomic E-state index is 0.100. The number of hydrogen-bond donors (Lipinski definition) is 1. The fourth-order valence-corrected chi connectivity index (χ4v) is 6.97. The second-order valence-electron chi connectivity index (χ2n) is 9.35. The van der Waals surface area contributed by atoms with E-state index in [2.05, 4.69) is 5.32 Å². The summed E-state index contributed by atoms with van der Waals surface area (Å²) in [5.74, 6) is 2.20. The highest BCUT2D eigenvalue weighted by atomic mass is 32.2. The topological polar surface area (TPSA) is 66.5 Å². The lowest BCUT2D eigenvalue weighted by molar-refractivity contribution is -0.140. The maximum atomic E-state index is 13.4. The van der Waals surface area contributed by atoms with Crippen LogP contribution in [-0.4, -0.2) is 32.7 Å². The number of aryl methyl sites for hydroxylation is 1. The molecule has 4 bridgehead atoms. The number of nitrogens with one attached hydrogen (secondary N) is 1. The summed E-state index contributed by atoms with van der Waals surface area (Å²) >= 11 is 0. The van der Waals surface area contributed by atoms with Gasteiger partial charge in [-0.1, -0.05) is 0 Å². The number of amides is 1. The summed E-state index contributed by atoms with van der Waals surface area (Å²) in [5, 5.41) is 3.14. The molecule has 4 fully saturated rings. The van der Waals surface area contributed by atoms with E-state index in [1.807, 2.05) is 13.8 Å². The fraction of sp³-hybridized carbons (Fsp3) is 0.667. The minimum atomic E-state index is -3.54. The summed E-state index contributed by atoms with van der Waals surface area (Å²) in [7, 11) is -0.485. The quantitative estimate of drug-likeness (QED) is 0.852. The van der Waals surface area contributed by atoms with Crippen LogP contribution in [0.25, 0.3) is 0 Å². The molecule has 4 aliphatic rings. The summed E-state index contributed by atoms with van der Waals surface area (Å²) in [6.45, 7) is 3.83. The van der Waals surface area contributed by atoms with E-state index < -0.39 is 10.0 Å². The lowest BCUT2D eigenvalue weighted by Crippen LogP contribution is -2.51. The smallest absolute Gasteiger partial charge is 0.242 e. The number of rotatable bonds is 4. The SMILES string of the molecule is Cc1cc(S(=O)(=O)N(C)C)cc(NC(=O)C23CC4CC(CC(C4)C2)C3)c1C. The van der Waals surface area contributed by atoms with Gasteiger partial charge in [0.2, 0.25) is 15.9 Å². The Bertz CT molecular complexity index is 854. The highest BCUT2D eigenvalue weighted by Crippen LogP contribution is 2.60. The molecule has 0 aliphatic heterocycles. The number of carbonyl (C=O) groups is 1. The Morgan fingerprint density at radius 3 is 2.04 bits per heavy atom. The van der Waals surface area contributed by atoms with Crippen LogP contribution in [0, 0.1) is 37.0 Å². The van der Waals surface area contributed by atoms with Crippen molar-refractivity contribution in [1.82, 2.24) is 4.31 Å². The van der Waals surface area contributed by atoms with Crippen LogP contribution in [0.4, 0.5) is 5.69 Å². The van der Waals surface area contributed by atoms with Crippen molar-refractivity contribution >= 4 is 21.6 Å². The minimum Gasteiger partial charge on any atom is -0.325 e. The Morgan fingerprint density at radius 2 is 1.56 bits per heavy atom. The summed E-state index contributed by atoms with van der Waals surface area (Å²) in [6.07, 6.45) is 6.87. The average molecular weight is 391 g/mol. The predicted octanol–water partition coefficient (Wildman–Crippen LogP) is 3.71. The zero-order valence-electron chi connectivity index (χ0n) is 16.7. The molecule has 27 heavy (non-hydrogen) atoms. The van der Waals surface area contributed by atoms with Gasteiger partial charge in [-0.25, -0.2) is 12.7 Å². The molecule has 0 spiro atoms. The fourth-order valence-electron chi connectivity index (χ4n) is 5.96. The highest BCUT2D eigenvalue weighted by molar-refractivity contribution is 7.89. The average Bonchev–Trinajstić information content (AvgIpc) is 2.57. The second-order valence-corrected chi connectivity index (χ2v) is 11.5. The van der Waals surface area contributed by atoms with Gasteiger partial charge in [-0.05, 0) is 93.4 Å². The van der Waals surface area contributed by atoms with Gasteiger partial charge in [0.05, 0.1) is 10.3 Å². The monoisotopic (exact) mass is 390 g/mol. The first-order valence-corrected chi connectivity index (χ1v) is 11.4. The van der Waals surface area contributed by atoms with E-state index in [0.717, 1.165) is 30.4 Å². The number of sulfonamides is 1. The Hall–Kier alpha value is -1.40. The summed E-state index contributed by atoms with van der Waals surface area (Å²) in [5.41, 5.74) is 2.20. The molecule has 1 aromatic carbocycles. The maximum absolute atomic E-state index is 13.4. The third-order valence-corrected chi connectivity index (χ3v) is 8.98. The molecule has 5 nitrogen and oxygen atoms in total. The summed E-state index contributed by atoms with van der Waals surface area (Å²) < 4.78 is 26.3. The van der Waals surface area contributed by atoms with Crippen LogP contribution in [0.2, 0.25) is 0 Å². The van der Waals surface area contributed by atoms with E-state index in [-0.39, 0.29) is 16.2 Å². The first-order chi connectivity index (χ1) is 12.6. The third-order valence-electron chi connectivity index (χ3n) is 7.19. The van der Waals surface area contributed by atoms with Crippen molar-refractivity contribution in [3.63, 3.8) is 0 Å². The number of nitrogens with zero attached hydrogens (tertiary/aromatic N) is 1. The maximum Gasteiger partial charge on any atom is 0.242 e. The van der Waals surface area contributed by atoms with E-state index >= 15 is 0 Å². The van der Waals surface area contributed by atoms with Gasteiger partial charge in [0.25, 0.3) is 0 Å². The first kappa shape index (κ1) is 18.9. The molecule has 0 atom stereocenters. The normalized spacial score (nSPS) is 32.1. The van der Waals surface area contributed by atoms with Crippen molar-refractivity contribution in [2.45, 2.75) is 57.3 Å². The van der Waals surface area contributed by atoms with Crippen LogP contribution in [0.1, 0.15) is 49.7 Å². The lowest BCUT2D eigenvalue weighted by Gasteiger charge is -2.55. The van der Waals surface area contributed by atoms with Gasteiger partial charge < -0.3 is 5.32 Å². The van der Waals surface area contributed by atoms with Crippen molar-refractivity contribution < 1.29 is 13.2 Å². The van der Waals surface area contributed by atoms with Gasteiger partial charge in [0.15, 0.2) is 0 Å². The Labute approximate surface area is 162 Å². The van der Waals surface area contributed by atoms with Crippen molar-refractivity contribution in [1.29, 1.82) is 0 Å². The zero-order chi connectivity index (χ0) is 19.6. The number of benzene rings is 1. The molecule has 1 aromatic rings. The van der Waals surface area contributed by atoms with Crippen LogP contribution >= 0.6 is 0 Å². The van der Waals surface area contributed by atoms with Crippen molar-refractivity contribution in [2.24, 2.45) is 23.2 Å². The Kier molecular flexibility index (Phi) is 4.43. The molecule has 0 radical (unpaired) electrons. The first-order valence-electron chi connectivity index (χ1n) is 9.96. The van der Waals surface area contributed by atoms with Crippen LogP contribution in [0.15, 0.2) is 17.0 Å². The largest absolute Gasteiger partial charge is 0.325 e. The van der Waals surface area contributed by atoms with Crippen LogP contribution in [0.5, 0.6) is 0 Å². The Morgan fingerprint density at radius 1 is 1.04 bits per heavy atom. The summed E-state index contributed by atoms with van der Waals surface area (Å²) in [6, 6.07) is 3.31. The predicted molar refractivity (Wildman–Crippen MR) is 106 cm³/mol. The van der Waals surface area contributed by atoms with Crippen molar-refractivity contribution in [3.8, 4) is 0 Å². The molecule has 1 N–H and O–H groups in total. The highest BCUT2D eigenvalue weighted by Gasteiger charge is 2.54. The Balaban J connectivity index is 1.65. The van der Waals surface area contributed by atoms with Gasteiger partial charge in [-0.3, -0.25) is 4.79 Å². The van der Waals surface area contributed by atoms with Crippen LogP contribution < -0.4 is 5.32 Å². The van der Waals surface area contributed by atoms with Gasteiger partial charge in [0, 0.05) is 19.8 Å². The molecule has 0 heterocycles. The molecule has 5 rings (SSSR count). The molecule has 0 aromatic heterocycles. The molecule has 4 aliphatic carbocycles. The molecule has 6 heteroatoms. The number of carbonyl (C=O) groups excluding carboxylic acids is 1. The van der Waals surface area contributed by atoms with E-state index in [4.69, 9.17) is 0 Å². The van der Waals surface area contributed by atoms with Crippen LogP contribution in [-0.2, 0) is 14.8 Å². The molecule has 0 unspecified atom stereocenters. The van der Waals surface area contributed by atoms with E-state index in [1.54, 1.807) is 12.1 Å². The number of hydrogen-bond acceptors (Lipinski definition) is 3. The molecule has 148 valence electrons. The second kappa shape index (κ2) is 6.31. The van der Waals surface area contributed by atoms with Crippen molar-refractivity contribution in [3.05, 3.63) is 23.3 Å². The zero-order valence-corrected chi connectivity index (χ0v) is 17.5. The lowest BCUT2D eigenvalue weighted by atomic mass is 9.49. The molecular formula is C21H30N2O3S. The molecule has 4 saturated carbocycles.